The fourth-order valence-electron chi connectivity index (χ4n) is 6.19. The van der Waals surface area contributed by atoms with Crippen molar-refractivity contribution in [2.75, 3.05) is 36.5 Å². The molecule has 1 spiro atoms. The van der Waals surface area contributed by atoms with Gasteiger partial charge in [0.15, 0.2) is 0 Å². The molecule has 1 saturated heterocycles. The van der Waals surface area contributed by atoms with Gasteiger partial charge in [0.1, 0.15) is 12.4 Å². The third-order valence-corrected chi connectivity index (χ3v) is 8.61. The number of hydrogen-bond donors (Lipinski definition) is 3. The SMILES string of the molecule is O=C1NCc2cc(OCCN3CCC4(CC3)C(=O)Nc3ccc(Cl)cc34)cc(C(F)(F)F)c2N1[C@H]1C[C@@H](O)C1. The van der Waals surface area contributed by atoms with Gasteiger partial charge < -0.3 is 20.5 Å². The van der Waals surface area contributed by atoms with E-state index in [1.165, 1.54) is 0 Å². The van der Waals surface area contributed by atoms with E-state index in [-0.39, 0.29) is 43.3 Å². The average Bonchev–Trinajstić information content (AvgIpc) is 3.13. The molecule has 12 heteroatoms. The van der Waals surface area contributed by atoms with Gasteiger partial charge >= 0.3 is 12.2 Å². The van der Waals surface area contributed by atoms with E-state index < -0.39 is 35.3 Å². The Kier molecular flexibility index (Phi) is 6.43. The minimum absolute atomic E-state index is 0.0260. The Balaban J connectivity index is 1.13. The number of rotatable bonds is 5. The van der Waals surface area contributed by atoms with Crippen LogP contribution in [0.5, 0.6) is 5.75 Å². The van der Waals surface area contributed by atoms with Crippen molar-refractivity contribution in [3.05, 3.63) is 52.0 Å². The molecule has 0 aromatic heterocycles. The molecule has 8 nitrogen and oxygen atoms in total. The van der Waals surface area contributed by atoms with Crippen LogP contribution in [0.3, 0.4) is 0 Å². The number of nitrogens with zero attached hydrogens (tertiary/aromatic N) is 2. The zero-order chi connectivity index (χ0) is 27.5. The molecule has 3 aliphatic heterocycles. The second-order valence-electron chi connectivity index (χ2n) is 10.7. The molecule has 0 atom stereocenters. The molecule has 3 heterocycles. The maximum Gasteiger partial charge on any atom is 0.418 e. The number of carbonyl (C=O) groups excluding carboxylic acids is 2. The smallest absolute Gasteiger partial charge is 0.418 e. The molecule has 2 aromatic carbocycles. The van der Waals surface area contributed by atoms with Crippen molar-refractivity contribution in [2.24, 2.45) is 0 Å². The number of anilines is 2. The van der Waals surface area contributed by atoms with E-state index in [4.69, 9.17) is 16.3 Å². The molecule has 3 amide bonds. The Morgan fingerprint density at radius 3 is 2.56 bits per heavy atom. The summed E-state index contributed by atoms with van der Waals surface area (Å²) in [7, 11) is 0. The van der Waals surface area contributed by atoms with Crippen molar-refractivity contribution >= 4 is 34.9 Å². The number of fused-ring (bicyclic) bond motifs is 3. The van der Waals surface area contributed by atoms with E-state index in [0.717, 1.165) is 22.2 Å². The van der Waals surface area contributed by atoms with Crippen LogP contribution >= 0.6 is 11.6 Å². The first-order valence-corrected chi connectivity index (χ1v) is 13.4. The van der Waals surface area contributed by atoms with Crippen LogP contribution < -0.4 is 20.3 Å². The molecule has 1 aliphatic carbocycles. The molecule has 1 saturated carbocycles. The summed E-state index contributed by atoms with van der Waals surface area (Å²) >= 11 is 6.19. The topological polar surface area (TPSA) is 94.1 Å². The van der Waals surface area contributed by atoms with Crippen LogP contribution in [-0.4, -0.2) is 60.3 Å². The van der Waals surface area contributed by atoms with Gasteiger partial charge in [0.05, 0.1) is 22.8 Å². The number of hydrogen-bond acceptors (Lipinski definition) is 5. The van der Waals surface area contributed by atoms with Gasteiger partial charge in [0.2, 0.25) is 5.91 Å². The summed E-state index contributed by atoms with van der Waals surface area (Å²) in [5, 5.41) is 15.8. The lowest BCUT2D eigenvalue weighted by Crippen LogP contribution is -2.56. The second kappa shape index (κ2) is 9.57. The lowest BCUT2D eigenvalue weighted by atomic mass is 9.73. The Labute approximate surface area is 228 Å². The minimum atomic E-state index is -4.69. The number of alkyl halides is 3. The number of likely N-dealkylation sites (tertiary alicyclic amines) is 1. The zero-order valence-electron chi connectivity index (χ0n) is 21.0. The maximum atomic E-state index is 14.1. The van der Waals surface area contributed by atoms with Crippen molar-refractivity contribution in [3.63, 3.8) is 0 Å². The summed E-state index contributed by atoms with van der Waals surface area (Å²) < 4.78 is 48.2. The third-order valence-electron chi connectivity index (χ3n) is 8.38. The maximum absolute atomic E-state index is 14.1. The number of amides is 3. The number of urea groups is 1. The van der Waals surface area contributed by atoms with Crippen LogP contribution in [0.1, 0.15) is 42.4 Å². The number of carbonyl (C=O) groups is 2. The highest BCUT2D eigenvalue weighted by Gasteiger charge is 2.48. The van der Waals surface area contributed by atoms with Crippen LogP contribution in [0.2, 0.25) is 5.02 Å². The molecule has 0 bridgehead atoms. The number of nitrogens with one attached hydrogen (secondary N) is 2. The first-order chi connectivity index (χ1) is 18.5. The van der Waals surface area contributed by atoms with Gasteiger partial charge in [-0.3, -0.25) is 14.6 Å². The molecule has 2 fully saturated rings. The first kappa shape index (κ1) is 26.2. The molecule has 0 unspecified atom stereocenters. The fourth-order valence-corrected chi connectivity index (χ4v) is 6.36. The van der Waals surface area contributed by atoms with Gasteiger partial charge in [0.25, 0.3) is 0 Å². The molecule has 2 aromatic rings. The Hall–Kier alpha value is -3.02. The number of aliphatic hydroxyl groups is 1. The highest BCUT2D eigenvalue weighted by atomic mass is 35.5. The largest absolute Gasteiger partial charge is 0.492 e. The number of benzene rings is 2. The minimum Gasteiger partial charge on any atom is -0.492 e. The number of aliphatic hydroxyl groups excluding tert-OH is 1. The van der Waals surface area contributed by atoms with Gasteiger partial charge in [-0.25, -0.2) is 4.79 Å². The van der Waals surface area contributed by atoms with Gasteiger partial charge in [-0.05, 0) is 80.2 Å². The van der Waals surface area contributed by atoms with E-state index in [9.17, 15) is 27.9 Å². The van der Waals surface area contributed by atoms with E-state index in [0.29, 0.717) is 43.1 Å². The lowest BCUT2D eigenvalue weighted by Gasteiger charge is -2.44. The Bertz CT molecular complexity index is 1320. The van der Waals surface area contributed by atoms with Gasteiger partial charge in [-0.1, -0.05) is 11.6 Å². The van der Waals surface area contributed by atoms with Crippen molar-refractivity contribution in [3.8, 4) is 5.75 Å². The standard InChI is InChI=1S/C27H28ClF3N4O4/c28-16-1-2-22-20(10-16)26(24(37)33-22)3-5-34(6-4-26)7-8-39-19-9-15-14-32-25(38)35(17-11-18(36)12-17)23(15)21(13-19)27(29,30)31/h1-2,9-10,13,17-18,36H,3-8,11-12,14H2,(H,32,38)(H,33,37)/t17-,18+. The van der Waals surface area contributed by atoms with Crippen molar-refractivity contribution in [1.29, 1.82) is 0 Å². The van der Waals surface area contributed by atoms with E-state index in [2.05, 4.69) is 15.5 Å². The van der Waals surface area contributed by atoms with Crippen molar-refractivity contribution in [2.45, 2.75) is 56.0 Å². The highest BCUT2D eigenvalue weighted by molar-refractivity contribution is 6.31. The summed E-state index contributed by atoms with van der Waals surface area (Å²) in [6, 6.07) is 6.83. The van der Waals surface area contributed by atoms with Crippen LogP contribution in [0.25, 0.3) is 0 Å². The molecule has 3 N–H and O–H groups in total. The first-order valence-electron chi connectivity index (χ1n) is 13.0. The summed E-state index contributed by atoms with van der Waals surface area (Å²) in [5.41, 5.74) is 0.331. The zero-order valence-corrected chi connectivity index (χ0v) is 21.7. The van der Waals surface area contributed by atoms with Crippen molar-refractivity contribution in [1.82, 2.24) is 10.2 Å². The molecule has 4 aliphatic rings. The van der Waals surface area contributed by atoms with E-state index in [1.54, 1.807) is 12.1 Å². The normalized spacial score (nSPS) is 24.1. The lowest BCUT2D eigenvalue weighted by molar-refractivity contribution is -0.137. The summed E-state index contributed by atoms with van der Waals surface area (Å²) in [4.78, 5) is 28.6. The number of halogens is 4. The quantitative estimate of drug-likeness (QED) is 0.504. The summed E-state index contributed by atoms with van der Waals surface area (Å²) in [6.45, 7) is 1.88. The monoisotopic (exact) mass is 564 g/mol. The Morgan fingerprint density at radius 2 is 1.87 bits per heavy atom. The van der Waals surface area contributed by atoms with Crippen molar-refractivity contribution < 1.29 is 32.6 Å². The fraction of sp³-hybridized carbons (Fsp3) is 0.481. The molecular weight excluding hydrogens is 537 g/mol. The molecule has 208 valence electrons. The predicted molar refractivity (Wildman–Crippen MR) is 138 cm³/mol. The number of piperidine rings is 1. The summed E-state index contributed by atoms with van der Waals surface area (Å²) in [5.74, 6) is 0.0555. The van der Waals surface area contributed by atoms with E-state index >= 15 is 0 Å². The predicted octanol–water partition coefficient (Wildman–Crippen LogP) is 4.28. The van der Waals surface area contributed by atoms with Crippen LogP contribution in [0.15, 0.2) is 30.3 Å². The van der Waals surface area contributed by atoms with Gasteiger partial charge in [-0.15, -0.1) is 0 Å². The van der Waals surface area contributed by atoms with Crippen LogP contribution in [0.4, 0.5) is 29.3 Å². The Morgan fingerprint density at radius 1 is 1.13 bits per heavy atom. The molecule has 6 rings (SSSR count). The van der Waals surface area contributed by atoms with Gasteiger partial charge in [-0.2, -0.15) is 13.2 Å². The average molecular weight is 565 g/mol. The second-order valence-corrected chi connectivity index (χ2v) is 11.1. The van der Waals surface area contributed by atoms with E-state index in [1.807, 2.05) is 12.1 Å². The molecule has 39 heavy (non-hydrogen) atoms. The molecular formula is C27H28ClF3N4O4. The van der Waals surface area contributed by atoms with Crippen LogP contribution in [-0.2, 0) is 22.9 Å². The van der Waals surface area contributed by atoms with Crippen LogP contribution in [0, 0.1) is 0 Å². The third kappa shape index (κ3) is 4.60. The number of ether oxygens (including phenoxy) is 1. The highest BCUT2D eigenvalue weighted by Crippen LogP contribution is 2.47. The molecule has 0 radical (unpaired) electrons. The van der Waals surface area contributed by atoms with Gasteiger partial charge in [0, 0.05) is 29.8 Å². The summed E-state index contributed by atoms with van der Waals surface area (Å²) in [6.07, 6.45) is -3.63.